The molecule has 0 aromatic carbocycles. The zero-order valence-electron chi connectivity index (χ0n) is 11.9. The second kappa shape index (κ2) is 5.43. The van der Waals surface area contributed by atoms with Gasteiger partial charge in [0.1, 0.15) is 17.0 Å². The summed E-state index contributed by atoms with van der Waals surface area (Å²) in [6.07, 6.45) is 3.04. The minimum Gasteiger partial charge on any atom is -0.388 e. The summed E-state index contributed by atoms with van der Waals surface area (Å²) in [4.78, 5) is 10.9. The maximum atomic E-state index is 10.3. The molecular formula is C14H21N3OS. The van der Waals surface area contributed by atoms with Crippen molar-refractivity contribution >= 4 is 27.4 Å². The monoisotopic (exact) mass is 279 g/mol. The summed E-state index contributed by atoms with van der Waals surface area (Å²) >= 11 is 1.68. The van der Waals surface area contributed by atoms with E-state index in [0.717, 1.165) is 28.9 Å². The number of aromatic nitrogens is 2. The molecule has 0 saturated carbocycles. The van der Waals surface area contributed by atoms with Gasteiger partial charge in [-0.1, -0.05) is 13.8 Å². The van der Waals surface area contributed by atoms with E-state index in [0.29, 0.717) is 6.54 Å². The number of nitrogens with one attached hydrogen (secondary N) is 1. The van der Waals surface area contributed by atoms with Crippen molar-refractivity contribution in [3.05, 3.63) is 16.8 Å². The molecule has 104 valence electrons. The zero-order valence-corrected chi connectivity index (χ0v) is 12.8. The Hall–Kier alpha value is -1.20. The summed E-state index contributed by atoms with van der Waals surface area (Å²) in [5.74, 6) is 0.826. The van der Waals surface area contributed by atoms with Gasteiger partial charge in [-0.3, -0.25) is 0 Å². The molecule has 2 heterocycles. The van der Waals surface area contributed by atoms with E-state index in [1.54, 1.807) is 17.7 Å². The van der Waals surface area contributed by atoms with E-state index in [4.69, 9.17) is 0 Å². The van der Waals surface area contributed by atoms with Crippen LogP contribution < -0.4 is 5.32 Å². The summed E-state index contributed by atoms with van der Waals surface area (Å²) < 4.78 is 0. The molecule has 0 saturated heterocycles. The van der Waals surface area contributed by atoms with Gasteiger partial charge in [0.05, 0.1) is 11.0 Å². The van der Waals surface area contributed by atoms with Gasteiger partial charge in [0.15, 0.2) is 0 Å². The number of anilines is 1. The number of rotatable bonds is 5. The van der Waals surface area contributed by atoms with Gasteiger partial charge in [-0.15, -0.1) is 11.3 Å². The second-order valence-corrected chi connectivity index (χ2v) is 6.17. The molecule has 0 bridgehead atoms. The molecule has 19 heavy (non-hydrogen) atoms. The van der Waals surface area contributed by atoms with Gasteiger partial charge in [-0.05, 0) is 32.3 Å². The highest BCUT2D eigenvalue weighted by molar-refractivity contribution is 7.18. The first-order chi connectivity index (χ1) is 9.00. The predicted octanol–water partition coefficient (Wildman–Crippen LogP) is 3.27. The minimum absolute atomic E-state index is 0.514. The lowest BCUT2D eigenvalue weighted by Crippen LogP contribution is -2.35. The molecule has 2 aromatic heterocycles. The highest BCUT2D eigenvalue weighted by Gasteiger charge is 2.22. The third-order valence-corrected chi connectivity index (χ3v) is 4.98. The van der Waals surface area contributed by atoms with Crippen LogP contribution in [-0.2, 0) is 0 Å². The number of hydrogen-bond acceptors (Lipinski definition) is 5. The maximum Gasteiger partial charge on any atom is 0.138 e. The molecule has 0 radical (unpaired) electrons. The number of hydrogen-bond donors (Lipinski definition) is 2. The van der Waals surface area contributed by atoms with Crippen molar-refractivity contribution < 1.29 is 5.11 Å². The Morgan fingerprint density at radius 1 is 1.26 bits per heavy atom. The van der Waals surface area contributed by atoms with Crippen LogP contribution >= 0.6 is 11.3 Å². The molecule has 2 aromatic rings. The van der Waals surface area contributed by atoms with Crippen LogP contribution in [0.3, 0.4) is 0 Å². The van der Waals surface area contributed by atoms with Crippen LogP contribution in [0.4, 0.5) is 5.82 Å². The topological polar surface area (TPSA) is 58.0 Å². The fraction of sp³-hybridized carbons (Fsp3) is 0.571. The molecule has 0 aliphatic heterocycles. The van der Waals surface area contributed by atoms with Gasteiger partial charge in [0.2, 0.25) is 0 Å². The lowest BCUT2D eigenvalue weighted by Gasteiger charge is -2.25. The first-order valence-corrected chi connectivity index (χ1v) is 7.49. The van der Waals surface area contributed by atoms with Gasteiger partial charge < -0.3 is 10.4 Å². The van der Waals surface area contributed by atoms with E-state index in [9.17, 15) is 5.11 Å². The quantitative estimate of drug-likeness (QED) is 0.882. The van der Waals surface area contributed by atoms with Crippen molar-refractivity contribution in [1.29, 1.82) is 0 Å². The van der Waals surface area contributed by atoms with Crippen molar-refractivity contribution in [1.82, 2.24) is 9.97 Å². The SMILES string of the molecule is CCC(O)(CC)CNc1ncnc2sc(C)c(C)c12. The van der Waals surface area contributed by atoms with Crippen molar-refractivity contribution in [2.45, 2.75) is 46.1 Å². The van der Waals surface area contributed by atoms with Gasteiger partial charge >= 0.3 is 0 Å². The molecule has 0 aliphatic carbocycles. The molecule has 0 unspecified atom stereocenters. The van der Waals surface area contributed by atoms with Gasteiger partial charge in [-0.2, -0.15) is 0 Å². The van der Waals surface area contributed by atoms with E-state index in [1.165, 1.54) is 10.4 Å². The Morgan fingerprint density at radius 3 is 2.58 bits per heavy atom. The fourth-order valence-electron chi connectivity index (χ4n) is 2.06. The molecular weight excluding hydrogens is 258 g/mol. The second-order valence-electron chi connectivity index (χ2n) is 4.97. The van der Waals surface area contributed by atoms with E-state index >= 15 is 0 Å². The van der Waals surface area contributed by atoms with Gasteiger partial charge in [0, 0.05) is 11.4 Å². The zero-order chi connectivity index (χ0) is 14.0. The smallest absolute Gasteiger partial charge is 0.138 e. The van der Waals surface area contributed by atoms with Crippen LogP contribution in [0, 0.1) is 13.8 Å². The molecule has 0 fully saturated rings. The molecule has 0 amide bonds. The number of nitrogens with zero attached hydrogens (tertiary/aromatic N) is 2. The van der Waals surface area contributed by atoms with Crippen LogP contribution in [0.1, 0.15) is 37.1 Å². The molecule has 2 rings (SSSR count). The third-order valence-electron chi connectivity index (χ3n) is 3.87. The predicted molar refractivity (Wildman–Crippen MR) is 80.9 cm³/mol. The van der Waals surface area contributed by atoms with E-state index in [-0.39, 0.29) is 0 Å². The number of thiophene rings is 1. The summed E-state index contributed by atoms with van der Waals surface area (Å²) in [7, 11) is 0. The highest BCUT2D eigenvalue weighted by Crippen LogP contribution is 2.32. The molecule has 0 spiro atoms. The van der Waals surface area contributed by atoms with Gasteiger partial charge in [-0.25, -0.2) is 9.97 Å². The van der Waals surface area contributed by atoms with Crippen molar-refractivity contribution in [2.24, 2.45) is 0 Å². The normalized spacial score (nSPS) is 12.1. The Labute approximate surface area is 117 Å². The number of aryl methyl sites for hydroxylation is 2. The fourth-order valence-corrected chi connectivity index (χ4v) is 3.06. The van der Waals surface area contributed by atoms with Crippen molar-refractivity contribution in [3.8, 4) is 0 Å². The maximum absolute atomic E-state index is 10.3. The van der Waals surface area contributed by atoms with Gasteiger partial charge in [0.25, 0.3) is 0 Å². The molecule has 0 atom stereocenters. The first kappa shape index (κ1) is 14.2. The van der Waals surface area contributed by atoms with E-state index in [1.807, 2.05) is 13.8 Å². The highest BCUT2D eigenvalue weighted by atomic mass is 32.1. The largest absolute Gasteiger partial charge is 0.388 e. The first-order valence-electron chi connectivity index (χ1n) is 6.67. The lowest BCUT2D eigenvalue weighted by atomic mass is 9.97. The van der Waals surface area contributed by atoms with Crippen molar-refractivity contribution in [2.75, 3.05) is 11.9 Å². The van der Waals surface area contributed by atoms with E-state index in [2.05, 4.69) is 29.1 Å². The van der Waals surface area contributed by atoms with Crippen LogP contribution in [0.2, 0.25) is 0 Å². The van der Waals surface area contributed by atoms with Crippen LogP contribution in [0.5, 0.6) is 0 Å². The average Bonchev–Trinajstić information content (AvgIpc) is 2.72. The lowest BCUT2D eigenvalue weighted by molar-refractivity contribution is 0.0456. The summed E-state index contributed by atoms with van der Waals surface area (Å²) in [6, 6.07) is 0. The third kappa shape index (κ3) is 2.72. The number of aliphatic hydroxyl groups is 1. The summed E-state index contributed by atoms with van der Waals surface area (Å²) in [5, 5.41) is 14.7. The average molecular weight is 279 g/mol. The minimum atomic E-state index is -0.670. The Morgan fingerprint density at radius 2 is 1.95 bits per heavy atom. The Bertz CT molecular complexity index is 575. The summed E-state index contributed by atoms with van der Waals surface area (Å²) in [6.45, 7) is 8.70. The van der Waals surface area contributed by atoms with E-state index < -0.39 is 5.60 Å². The van der Waals surface area contributed by atoms with Crippen LogP contribution in [-0.4, -0.2) is 27.2 Å². The molecule has 0 aliphatic rings. The molecule has 2 N–H and O–H groups in total. The molecule has 4 nitrogen and oxygen atoms in total. The molecule has 5 heteroatoms. The number of fused-ring (bicyclic) bond motifs is 1. The van der Waals surface area contributed by atoms with Crippen molar-refractivity contribution in [3.63, 3.8) is 0 Å². The van der Waals surface area contributed by atoms with Crippen LogP contribution in [0.25, 0.3) is 10.2 Å². The summed E-state index contributed by atoms with van der Waals surface area (Å²) in [5.41, 5.74) is 0.551. The Balaban J connectivity index is 2.31. The van der Waals surface area contributed by atoms with Crippen LogP contribution in [0.15, 0.2) is 6.33 Å². The standard InChI is InChI=1S/C14H21N3OS/c1-5-14(18,6-2)7-15-12-11-9(3)10(4)19-13(11)17-8-16-12/h8,18H,5-7H2,1-4H3,(H,15,16,17). The Kier molecular flexibility index (Phi) is 4.06.